The van der Waals surface area contributed by atoms with Crippen molar-refractivity contribution in [3.63, 3.8) is 0 Å². The van der Waals surface area contributed by atoms with E-state index in [0.29, 0.717) is 6.42 Å². The van der Waals surface area contributed by atoms with Crippen LogP contribution >= 0.6 is 8.60 Å². The van der Waals surface area contributed by atoms with Crippen molar-refractivity contribution in [2.24, 2.45) is 5.18 Å². The number of rotatable bonds is 21. The SMILES string of the molecule is CCCCCCCCCCCCCCC/C=C/C(CCOP(O)OC)N=O. The van der Waals surface area contributed by atoms with Gasteiger partial charge in [-0.25, -0.2) is 0 Å². The maximum absolute atomic E-state index is 10.8. The molecule has 0 spiro atoms. The van der Waals surface area contributed by atoms with Crippen LogP contribution in [-0.4, -0.2) is 24.7 Å². The molecule has 27 heavy (non-hydrogen) atoms. The molecular weight excluding hydrogens is 361 g/mol. The maximum atomic E-state index is 10.8. The fourth-order valence-electron chi connectivity index (χ4n) is 3.02. The van der Waals surface area contributed by atoms with E-state index in [9.17, 15) is 4.91 Å². The van der Waals surface area contributed by atoms with Crippen molar-refractivity contribution >= 4 is 8.60 Å². The third-order valence-corrected chi connectivity index (χ3v) is 5.46. The molecule has 6 heteroatoms. The van der Waals surface area contributed by atoms with E-state index in [4.69, 9.17) is 9.42 Å². The molecule has 0 bridgehead atoms. The Morgan fingerprint density at radius 1 is 0.926 bits per heavy atom. The summed E-state index contributed by atoms with van der Waals surface area (Å²) in [4.78, 5) is 19.9. The molecule has 0 heterocycles. The van der Waals surface area contributed by atoms with Gasteiger partial charge < -0.3 is 13.9 Å². The molecule has 0 saturated heterocycles. The molecule has 2 atom stereocenters. The summed E-state index contributed by atoms with van der Waals surface area (Å²) in [6.45, 7) is 2.54. The van der Waals surface area contributed by atoms with Crippen molar-refractivity contribution in [1.29, 1.82) is 0 Å². The van der Waals surface area contributed by atoms with Gasteiger partial charge in [0.2, 0.25) is 0 Å². The van der Waals surface area contributed by atoms with Crippen molar-refractivity contribution in [3.05, 3.63) is 17.1 Å². The van der Waals surface area contributed by atoms with Crippen LogP contribution in [0.15, 0.2) is 17.3 Å². The molecule has 2 unspecified atom stereocenters. The molecule has 0 aliphatic rings. The normalized spacial score (nSPS) is 13.9. The van der Waals surface area contributed by atoms with Gasteiger partial charge in [0.15, 0.2) is 0 Å². The monoisotopic (exact) mass is 403 g/mol. The highest BCUT2D eigenvalue weighted by molar-refractivity contribution is 7.40. The highest BCUT2D eigenvalue weighted by Crippen LogP contribution is 2.31. The Kier molecular flexibility index (Phi) is 21.7. The van der Waals surface area contributed by atoms with Crippen molar-refractivity contribution < 1.29 is 13.9 Å². The van der Waals surface area contributed by atoms with Crippen LogP contribution in [0.25, 0.3) is 0 Å². The van der Waals surface area contributed by atoms with E-state index < -0.39 is 8.60 Å². The van der Waals surface area contributed by atoms with Crippen molar-refractivity contribution in [2.75, 3.05) is 13.7 Å². The van der Waals surface area contributed by atoms with Gasteiger partial charge in [-0.3, -0.25) is 0 Å². The van der Waals surface area contributed by atoms with Gasteiger partial charge in [0.05, 0.1) is 6.61 Å². The zero-order chi connectivity index (χ0) is 20.0. The molecule has 0 radical (unpaired) electrons. The van der Waals surface area contributed by atoms with Crippen LogP contribution in [0.3, 0.4) is 0 Å². The molecule has 0 rings (SSSR count). The zero-order valence-electron chi connectivity index (χ0n) is 17.6. The van der Waals surface area contributed by atoms with Gasteiger partial charge in [0.1, 0.15) is 6.04 Å². The molecule has 0 aromatic carbocycles. The quantitative estimate of drug-likeness (QED) is 0.0936. The lowest BCUT2D eigenvalue weighted by molar-refractivity contribution is 0.224. The summed E-state index contributed by atoms with van der Waals surface area (Å²) in [7, 11) is -0.430. The maximum Gasteiger partial charge on any atom is 0.329 e. The Labute approximate surface area is 168 Å². The second kappa shape index (κ2) is 21.9. The minimum Gasteiger partial charge on any atom is -0.328 e. The number of allylic oxidation sites excluding steroid dienone is 1. The average molecular weight is 404 g/mol. The van der Waals surface area contributed by atoms with Crippen LogP contribution in [-0.2, 0) is 9.05 Å². The molecule has 0 aromatic heterocycles. The Balaban J connectivity index is 3.36. The second-order valence-corrected chi connectivity index (χ2v) is 8.27. The molecule has 160 valence electrons. The summed E-state index contributed by atoms with van der Waals surface area (Å²) in [5, 5.41) is 3.08. The van der Waals surface area contributed by atoms with Gasteiger partial charge in [-0.15, -0.1) is 0 Å². The third kappa shape index (κ3) is 20.2. The summed E-state index contributed by atoms with van der Waals surface area (Å²) in [5.74, 6) is 0. The summed E-state index contributed by atoms with van der Waals surface area (Å²) in [5.41, 5.74) is 0. The Morgan fingerprint density at radius 2 is 1.44 bits per heavy atom. The van der Waals surface area contributed by atoms with Gasteiger partial charge in [0, 0.05) is 13.5 Å². The van der Waals surface area contributed by atoms with Crippen molar-refractivity contribution in [3.8, 4) is 0 Å². The van der Waals surface area contributed by atoms with Gasteiger partial charge in [0.25, 0.3) is 0 Å². The predicted octanol–water partition coefficient (Wildman–Crippen LogP) is 7.43. The molecule has 0 aliphatic heterocycles. The van der Waals surface area contributed by atoms with Crippen LogP contribution in [0.4, 0.5) is 0 Å². The fraction of sp³-hybridized carbons (Fsp3) is 0.905. The zero-order valence-corrected chi connectivity index (χ0v) is 18.5. The Morgan fingerprint density at radius 3 is 1.93 bits per heavy atom. The van der Waals surface area contributed by atoms with Crippen LogP contribution < -0.4 is 0 Å². The van der Waals surface area contributed by atoms with Crippen molar-refractivity contribution in [2.45, 2.75) is 109 Å². The Bertz CT molecular complexity index is 342. The molecule has 0 aliphatic carbocycles. The van der Waals surface area contributed by atoms with Gasteiger partial charge in [-0.1, -0.05) is 101 Å². The number of unbranched alkanes of at least 4 members (excludes halogenated alkanes) is 13. The van der Waals surface area contributed by atoms with E-state index in [0.717, 1.165) is 6.42 Å². The molecule has 0 aromatic rings. The number of nitroso groups, excluding NO2 is 1. The standard InChI is InChI=1S/C21H42NO4P/c1-3-4-5-6-7-8-9-10-11-12-13-14-15-16-17-18-21(22-23)19-20-26-27(24)25-2/h17-18,21,24H,3-16,19-20H2,1-2H3/b18-17+. The minimum absolute atomic E-state index is 0.273. The highest BCUT2D eigenvalue weighted by atomic mass is 31.2. The number of nitrogens with zero attached hydrogens (tertiary/aromatic N) is 1. The predicted molar refractivity (Wildman–Crippen MR) is 116 cm³/mol. The van der Waals surface area contributed by atoms with Crippen LogP contribution in [0.5, 0.6) is 0 Å². The number of hydrogen-bond donors (Lipinski definition) is 1. The van der Waals surface area contributed by atoms with E-state index in [2.05, 4.69) is 16.6 Å². The molecule has 0 saturated carbocycles. The van der Waals surface area contributed by atoms with Crippen LogP contribution in [0, 0.1) is 4.91 Å². The molecule has 5 nitrogen and oxygen atoms in total. The smallest absolute Gasteiger partial charge is 0.328 e. The lowest BCUT2D eigenvalue weighted by atomic mass is 10.0. The van der Waals surface area contributed by atoms with Gasteiger partial charge in [-0.2, -0.15) is 4.91 Å². The second-order valence-electron chi connectivity index (χ2n) is 7.17. The summed E-state index contributed by atoms with van der Waals surface area (Å²) in [6.07, 6.45) is 23.0. The highest BCUT2D eigenvalue weighted by Gasteiger charge is 2.07. The van der Waals surface area contributed by atoms with Crippen LogP contribution in [0.2, 0.25) is 0 Å². The van der Waals surface area contributed by atoms with Gasteiger partial charge >= 0.3 is 8.60 Å². The van der Waals surface area contributed by atoms with E-state index in [-0.39, 0.29) is 12.6 Å². The molecular formula is C21H42NO4P. The summed E-state index contributed by atoms with van der Waals surface area (Å²) >= 11 is 0. The summed E-state index contributed by atoms with van der Waals surface area (Å²) < 4.78 is 9.64. The van der Waals surface area contributed by atoms with E-state index in [1.165, 1.54) is 90.6 Å². The lowest BCUT2D eigenvalue weighted by Gasteiger charge is -2.08. The first kappa shape index (κ1) is 26.6. The van der Waals surface area contributed by atoms with Crippen molar-refractivity contribution in [1.82, 2.24) is 0 Å². The fourth-order valence-corrected chi connectivity index (χ4v) is 3.39. The first-order valence-corrected chi connectivity index (χ1v) is 12.0. The third-order valence-electron chi connectivity index (χ3n) is 4.74. The topological polar surface area (TPSA) is 68.1 Å². The first-order chi connectivity index (χ1) is 13.2. The van der Waals surface area contributed by atoms with E-state index in [1.54, 1.807) is 0 Å². The lowest BCUT2D eigenvalue weighted by Crippen LogP contribution is -2.04. The van der Waals surface area contributed by atoms with Crippen LogP contribution in [0.1, 0.15) is 103 Å². The average Bonchev–Trinajstić information content (AvgIpc) is 2.69. The van der Waals surface area contributed by atoms with E-state index in [1.807, 2.05) is 12.2 Å². The Hall–Kier alpha value is -0.350. The molecule has 0 fully saturated rings. The minimum atomic E-state index is -1.82. The molecule has 0 amide bonds. The summed E-state index contributed by atoms with van der Waals surface area (Å²) in [6, 6.07) is -0.382. The molecule has 1 N–H and O–H groups in total. The largest absolute Gasteiger partial charge is 0.329 e. The first-order valence-electron chi connectivity index (χ1n) is 10.9. The number of hydrogen-bond acceptors (Lipinski definition) is 5. The van der Waals surface area contributed by atoms with E-state index >= 15 is 0 Å². The van der Waals surface area contributed by atoms with Gasteiger partial charge in [-0.05, 0) is 12.8 Å².